The maximum Gasteiger partial charge on any atom is 0.235 e. The molecule has 0 saturated carbocycles. The van der Waals surface area contributed by atoms with Gasteiger partial charge in [0.2, 0.25) is 6.08 Å². The van der Waals surface area contributed by atoms with E-state index >= 15 is 0 Å². The van der Waals surface area contributed by atoms with Gasteiger partial charge in [-0.2, -0.15) is 0 Å². The monoisotopic (exact) mass is 161 g/mol. The molecule has 3 heteroatoms. The number of isocyanates is 1. The van der Waals surface area contributed by atoms with Crippen molar-refractivity contribution in [2.75, 3.05) is 6.54 Å². The average molecular weight is 162 g/mol. The van der Waals surface area contributed by atoms with Gasteiger partial charge in [-0.25, -0.2) is 9.79 Å². The Balaban J connectivity index is 3.32. The fourth-order valence-corrected chi connectivity index (χ4v) is 0.243. The molecule has 38 valence electrons. The van der Waals surface area contributed by atoms with Crippen molar-refractivity contribution in [1.82, 2.24) is 0 Å². The molecule has 2 nitrogen and oxygen atoms in total. The lowest BCUT2D eigenvalue weighted by atomic mass is 10.7. The summed E-state index contributed by atoms with van der Waals surface area (Å²) in [6, 6.07) is 0. The summed E-state index contributed by atoms with van der Waals surface area (Å²) in [7, 11) is 0. The van der Waals surface area contributed by atoms with Crippen molar-refractivity contribution >= 4 is 22.0 Å². The van der Waals surface area contributed by atoms with Crippen LogP contribution in [0.3, 0.4) is 0 Å². The van der Waals surface area contributed by atoms with Crippen molar-refractivity contribution < 1.29 is 4.79 Å². The molecule has 0 unspecified atom stereocenters. The Morgan fingerprint density at radius 2 is 2.57 bits per heavy atom. The van der Waals surface area contributed by atoms with Crippen LogP contribution in [-0.4, -0.2) is 12.6 Å². The van der Waals surface area contributed by atoms with Crippen LogP contribution in [-0.2, 0) is 4.79 Å². The van der Waals surface area contributed by atoms with Gasteiger partial charge in [-0.1, -0.05) is 22.5 Å². The minimum Gasteiger partial charge on any atom is -0.211 e. The van der Waals surface area contributed by atoms with Gasteiger partial charge in [0.15, 0.2) is 0 Å². The van der Waals surface area contributed by atoms with Crippen molar-refractivity contribution in [2.45, 2.75) is 0 Å². The molecule has 0 aromatic heterocycles. The molecule has 0 aromatic carbocycles. The number of nitrogens with zero attached hydrogens (tertiary/aromatic N) is 1. The molecule has 0 aliphatic carbocycles. The second kappa shape index (κ2) is 3.78. The summed E-state index contributed by atoms with van der Waals surface area (Å²) >= 11 is 3.01. The zero-order valence-electron chi connectivity index (χ0n) is 3.65. The highest BCUT2D eigenvalue weighted by atomic mass is 79.9. The Bertz CT molecular complexity index is 115. The van der Waals surface area contributed by atoms with Crippen molar-refractivity contribution in [3.05, 3.63) is 11.1 Å². The van der Waals surface area contributed by atoms with E-state index in [0.717, 1.165) is 0 Å². The van der Waals surface area contributed by atoms with Crippen molar-refractivity contribution in [3.63, 3.8) is 0 Å². The first-order valence-corrected chi connectivity index (χ1v) is 2.43. The van der Waals surface area contributed by atoms with Crippen molar-refractivity contribution in [3.8, 4) is 0 Å². The molecule has 0 fully saturated rings. The molecule has 0 radical (unpaired) electrons. The Morgan fingerprint density at radius 3 is 2.71 bits per heavy atom. The molecular weight excluding hydrogens is 158 g/mol. The molecule has 0 heterocycles. The molecule has 0 aliphatic heterocycles. The van der Waals surface area contributed by atoms with E-state index in [-0.39, 0.29) is 0 Å². The van der Waals surface area contributed by atoms with Crippen LogP contribution in [0.15, 0.2) is 16.1 Å². The summed E-state index contributed by atoms with van der Waals surface area (Å²) < 4.78 is 0.691. The standard InChI is InChI=1S/C4H4BrNO/c1-4(5)2-6-3-7/h1-2H2. The average Bonchev–Trinajstić information content (AvgIpc) is 1.61. The quantitative estimate of drug-likeness (QED) is 0.443. The molecule has 0 amide bonds. The first-order valence-electron chi connectivity index (χ1n) is 1.64. The minimum absolute atomic E-state index is 0.323. The lowest BCUT2D eigenvalue weighted by Gasteiger charge is -1.78. The molecule has 0 aromatic rings. The predicted molar refractivity (Wildman–Crippen MR) is 31.1 cm³/mol. The fraction of sp³-hybridized carbons (Fsp3) is 0.250. The van der Waals surface area contributed by atoms with Gasteiger partial charge in [-0.3, -0.25) is 0 Å². The van der Waals surface area contributed by atoms with E-state index in [0.29, 0.717) is 11.0 Å². The van der Waals surface area contributed by atoms with Gasteiger partial charge in [0.25, 0.3) is 0 Å². The van der Waals surface area contributed by atoms with Crippen molar-refractivity contribution in [1.29, 1.82) is 0 Å². The first-order chi connectivity index (χ1) is 3.27. The van der Waals surface area contributed by atoms with Crippen LogP contribution in [0.2, 0.25) is 0 Å². The molecule has 0 rings (SSSR count). The van der Waals surface area contributed by atoms with Crippen LogP contribution in [0.1, 0.15) is 0 Å². The molecule has 7 heavy (non-hydrogen) atoms. The van der Waals surface area contributed by atoms with E-state index in [4.69, 9.17) is 0 Å². The molecule has 0 atom stereocenters. The summed E-state index contributed by atoms with van der Waals surface area (Å²) in [6.07, 6.45) is 1.38. The summed E-state index contributed by atoms with van der Waals surface area (Å²) in [5.41, 5.74) is 0. The van der Waals surface area contributed by atoms with E-state index in [2.05, 4.69) is 27.5 Å². The smallest absolute Gasteiger partial charge is 0.211 e. The molecular formula is C4H4BrNO. The molecule has 0 N–H and O–H groups in total. The van der Waals surface area contributed by atoms with Crippen LogP contribution < -0.4 is 0 Å². The maximum atomic E-state index is 9.36. The van der Waals surface area contributed by atoms with Gasteiger partial charge < -0.3 is 0 Å². The highest BCUT2D eigenvalue weighted by Crippen LogP contribution is 1.97. The highest BCUT2D eigenvalue weighted by Gasteiger charge is 1.77. The van der Waals surface area contributed by atoms with E-state index in [9.17, 15) is 4.79 Å². The highest BCUT2D eigenvalue weighted by molar-refractivity contribution is 9.11. The molecule has 0 aliphatic rings. The Kier molecular flexibility index (Phi) is 3.56. The first kappa shape index (κ1) is 6.60. The second-order valence-corrected chi connectivity index (χ2v) is 2.05. The number of rotatable bonds is 2. The number of carbonyl (C=O) groups excluding carboxylic acids is 1. The normalized spacial score (nSPS) is 7.00. The van der Waals surface area contributed by atoms with Gasteiger partial charge in [0.05, 0.1) is 6.54 Å². The fourth-order valence-electron chi connectivity index (χ4n) is 0.118. The summed E-state index contributed by atoms with van der Waals surface area (Å²) in [4.78, 5) is 12.6. The molecule has 0 spiro atoms. The summed E-state index contributed by atoms with van der Waals surface area (Å²) in [6.45, 7) is 3.76. The van der Waals surface area contributed by atoms with Gasteiger partial charge in [-0.05, 0) is 0 Å². The van der Waals surface area contributed by atoms with Gasteiger partial charge >= 0.3 is 0 Å². The maximum absolute atomic E-state index is 9.36. The van der Waals surface area contributed by atoms with E-state index < -0.39 is 0 Å². The van der Waals surface area contributed by atoms with E-state index in [1.54, 1.807) is 0 Å². The Hall–Kier alpha value is -0.400. The zero-order valence-corrected chi connectivity index (χ0v) is 5.23. The third-order valence-corrected chi connectivity index (χ3v) is 0.566. The summed E-state index contributed by atoms with van der Waals surface area (Å²) in [5.74, 6) is 0. The van der Waals surface area contributed by atoms with Crippen LogP contribution in [0.25, 0.3) is 0 Å². The predicted octanol–water partition coefficient (Wildman–Crippen LogP) is 1.23. The lowest BCUT2D eigenvalue weighted by Crippen LogP contribution is -1.71. The Morgan fingerprint density at radius 1 is 2.00 bits per heavy atom. The Labute approximate surface area is 50.1 Å². The third kappa shape index (κ3) is 5.60. The third-order valence-electron chi connectivity index (χ3n) is 0.315. The van der Waals surface area contributed by atoms with E-state index in [1.807, 2.05) is 0 Å². The van der Waals surface area contributed by atoms with Crippen LogP contribution in [0, 0.1) is 0 Å². The largest absolute Gasteiger partial charge is 0.235 e. The number of hydrogen-bond donors (Lipinski definition) is 0. The number of aliphatic imine (C=N–C) groups is 1. The van der Waals surface area contributed by atoms with Crippen LogP contribution >= 0.6 is 15.9 Å². The molecule has 0 bridgehead atoms. The minimum atomic E-state index is 0.323. The number of hydrogen-bond acceptors (Lipinski definition) is 2. The van der Waals surface area contributed by atoms with Crippen molar-refractivity contribution in [2.24, 2.45) is 4.99 Å². The SMILES string of the molecule is C=C(Br)CN=C=O. The zero-order chi connectivity index (χ0) is 5.70. The van der Waals surface area contributed by atoms with Crippen LogP contribution in [0.5, 0.6) is 0 Å². The van der Waals surface area contributed by atoms with Gasteiger partial charge in [0, 0.05) is 4.48 Å². The lowest BCUT2D eigenvalue weighted by molar-refractivity contribution is 0.564. The van der Waals surface area contributed by atoms with Crippen LogP contribution in [0.4, 0.5) is 0 Å². The van der Waals surface area contributed by atoms with Gasteiger partial charge in [0.1, 0.15) is 0 Å². The number of halogens is 1. The van der Waals surface area contributed by atoms with Gasteiger partial charge in [-0.15, -0.1) is 0 Å². The summed E-state index contributed by atoms with van der Waals surface area (Å²) in [5, 5.41) is 0. The second-order valence-electron chi connectivity index (χ2n) is 0.925. The topological polar surface area (TPSA) is 29.4 Å². The molecule has 0 saturated heterocycles. The van der Waals surface area contributed by atoms with E-state index in [1.165, 1.54) is 6.08 Å².